The van der Waals surface area contributed by atoms with Crippen molar-refractivity contribution in [3.63, 3.8) is 0 Å². The van der Waals surface area contributed by atoms with Crippen molar-refractivity contribution < 1.29 is 28.6 Å². The highest BCUT2D eigenvalue weighted by atomic mass is 35.5. The average Bonchev–Trinajstić information content (AvgIpc) is 2.91. The van der Waals surface area contributed by atoms with Crippen LogP contribution >= 0.6 is 11.6 Å². The standard InChI is InChI=1S/C29H25ClN2O6/c1-4-5-20-14-19(16-25(37-3)26(20)38-17-18-6-8-21(30)9-7-18)15-24-27(33)31-29(35)32(28(24)34)22-10-12-23(36-2)13-11-22/h4,6-16H,1,5,17H2,2-3H3,(H,31,33,35)/b24-15+. The van der Waals surface area contributed by atoms with Gasteiger partial charge in [-0.1, -0.05) is 29.8 Å². The number of imide groups is 2. The lowest BCUT2D eigenvalue weighted by atomic mass is 10.0. The van der Waals surface area contributed by atoms with Crippen LogP contribution in [-0.4, -0.2) is 32.1 Å². The van der Waals surface area contributed by atoms with E-state index in [1.54, 1.807) is 54.6 Å². The molecule has 0 radical (unpaired) electrons. The van der Waals surface area contributed by atoms with Crippen LogP contribution in [-0.2, 0) is 22.6 Å². The van der Waals surface area contributed by atoms with Gasteiger partial charge in [-0.25, -0.2) is 9.69 Å². The number of barbiturate groups is 1. The highest BCUT2D eigenvalue weighted by molar-refractivity contribution is 6.39. The van der Waals surface area contributed by atoms with Crippen LogP contribution in [0.1, 0.15) is 16.7 Å². The van der Waals surface area contributed by atoms with Crippen molar-refractivity contribution in [2.24, 2.45) is 0 Å². The van der Waals surface area contributed by atoms with Crippen LogP contribution in [0, 0.1) is 0 Å². The fourth-order valence-electron chi connectivity index (χ4n) is 3.92. The lowest BCUT2D eigenvalue weighted by Gasteiger charge is -2.26. The first-order valence-corrected chi connectivity index (χ1v) is 12.0. The monoisotopic (exact) mass is 532 g/mol. The highest BCUT2D eigenvalue weighted by Gasteiger charge is 2.37. The summed E-state index contributed by atoms with van der Waals surface area (Å²) in [5.41, 5.74) is 2.26. The lowest BCUT2D eigenvalue weighted by molar-refractivity contribution is -0.122. The van der Waals surface area contributed by atoms with E-state index in [4.69, 9.17) is 25.8 Å². The first-order chi connectivity index (χ1) is 18.3. The van der Waals surface area contributed by atoms with Crippen LogP contribution in [0.4, 0.5) is 10.5 Å². The SMILES string of the molecule is C=CCc1cc(/C=C2\C(=O)NC(=O)N(c3ccc(OC)cc3)C2=O)cc(OC)c1OCc1ccc(Cl)cc1. The molecule has 4 rings (SSSR count). The van der Waals surface area contributed by atoms with E-state index < -0.39 is 17.8 Å². The van der Waals surface area contributed by atoms with Gasteiger partial charge in [0.25, 0.3) is 11.8 Å². The second kappa shape index (κ2) is 11.7. The summed E-state index contributed by atoms with van der Waals surface area (Å²) in [6.07, 6.45) is 3.57. The summed E-state index contributed by atoms with van der Waals surface area (Å²) in [5, 5.41) is 2.85. The number of nitrogens with one attached hydrogen (secondary N) is 1. The second-order valence-corrected chi connectivity index (χ2v) is 8.71. The number of carbonyl (C=O) groups is 3. The maximum atomic E-state index is 13.3. The number of halogens is 1. The Morgan fingerprint density at radius 1 is 0.974 bits per heavy atom. The van der Waals surface area contributed by atoms with Gasteiger partial charge in [-0.15, -0.1) is 6.58 Å². The first-order valence-electron chi connectivity index (χ1n) is 11.6. The molecule has 0 aliphatic carbocycles. The molecule has 194 valence electrons. The number of anilines is 1. The number of hydrogen-bond acceptors (Lipinski definition) is 6. The molecule has 0 saturated carbocycles. The molecule has 3 aromatic rings. The van der Waals surface area contributed by atoms with Gasteiger partial charge in [0.05, 0.1) is 19.9 Å². The molecule has 1 saturated heterocycles. The molecule has 38 heavy (non-hydrogen) atoms. The minimum Gasteiger partial charge on any atom is -0.497 e. The molecule has 9 heteroatoms. The topological polar surface area (TPSA) is 94.2 Å². The number of amides is 4. The Morgan fingerprint density at radius 2 is 1.68 bits per heavy atom. The summed E-state index contributed by atoms with van der Waals surface area (Å²) >= 11 is 5.97. The zero-order valence-corrected chi connectivity index (χ0v) is 21.6. The van der Waals surface area contributed by atoms with Crippen molar-refractivity contribution in [2.75, 3.05) is 19.1 Å². The summed E-state index contributed by atoms with van der Waals surface area (Å²) < 4.78 is 16.8. The molecule has 1 heterocycles. The van der Waals surface area contributed by atoms with Crippen molar-refractivity contribution in [1.82, 2.24) is 5.32 Å². The summed E-state index contributed by atoms with van der Waals surface area (Å²) in [4.78, 5) is 39.4. The zero-order valence-electron chi connectivity index (χ0n) is 20.8. The van der Waals surface area contributed by atoms with E-state index in [2.05, 4.69) is 11.9 Å². The van der Waals surface area contributed by atoms with E-state index >= 15 is 0 Å². The molecule has 0 spiro atoms. The molecule has 1 aliphatic heterocycles. The molecule has 0 unspecified atom stereocenters. The Hall–Kier alpha value is -4.56. The zero-order chi connectivity index (χ0) is 27.2. The van der Waals surface area contributed by atoms with Gasteiger partial charge in [-0.3, -0.25) is 14.9 Å². The maximum Gasteiger partial charge on any atom is 0.335 e. The Labute approximate surface area is 225 Å². The molecule has 0 bridgehead atoms. The summed E-state index contributed by atoms with van der Waals surface area (Å²) in [7, 11) is 3.01. The third-order valence-electron chi connectivity index (χ3n) is 5.78. The third-order valence-corrected chi connectivity index (χ3v) is 6.03. The van der Waals surface area contributed by atoms with E-state index in [0.29, 0.717) is 39.9 Å². The van der Waals surface area contributed by atoms with Gasteiger partial charge in [0.1, 0.15) is 17.9 Å². The molecule has 3 aromatic carbocycles. The van der Waals surface area contributed by atoms with Crippen molar-refractivity contribution >= 4 is 41.2 Å². The van der Waals surface area contributed by atoms with Gasteiger partial charge in [-0.2, -0.15) is 0 Å². The number of allylic oxidation sites excluding steroid dienone is 1. The number of hydrogen-bond donors (Lipinski definition) is 1. The van der Waals surface area contributed by atoms with Crippen LogP contribution in [0.5, 0.6) is 17.2 Å². The van der Waals surface area contributed by atoms with Gasteiger partial charge < -0.3 is 14.2 Å². The first kappa shape index (κ1) is 26.5. The number of benzene rings is 3. The molecular formula is C29H25ClN2O6. The highest BCUT2D eigenvalue weighted by Crippen LogP contribution is 2.35. The minimum absolute atomic E-state index is 0.207. The summed E-state index contributed by atoms with van der Waals surface area (Å²) in [5.74, 6) is -0.0603. The fourth-order valence-corrected chi connectivity index (χ4v) is 4.04. The van der Waals surface area contributed by atoms with Gasteiger partial charge in [0, 0.05) is 10.6 Å². The molecule has 1 aliphatic rings. The predicted octanol–water partition coefficient (Wildman–Crippen LogP) is 5.33. The van der Waals surface area contributed by atoms with E-state index in [0.717, 1.165) is 16.0 Å². The van der Waals surface area contributed by atoms with Crippen LogP contribution in [0.2, 0.25) is 5.02 Å². The molecule has 0 aromatic heterocycles. The number of methoxy groups -OCH3 is 2. The van der Waals surface area contributed by atoms with E-state index in [1.807, 2.05) is 12.1 Å². The number of carbonyl (C=O) groups excluding carboxylic acids is 3. The largest absolute Gasteiger partial charge is 0.497 e. The smallest absolute Gasteiger partial charge is 0.335 e. The molecule has 1 fully saturated rings. The second-order valence-electron chi connectivity index (χ2n) is 8.28. The quantitative estimate of drug-likeness (QED) is 0.227. The molecule has 8 nitrogen and oxygen atoms in total. The van der Waals surface area contributed by atoms with Crippen LogP contribution in [0.25, 0.3) is 6.08 Å². The number of ether oxygens (including phenoxy) is 3. The lowest BCUT2D eigenvalue weighted by Crippen LogP contribution is -2.54. The van der Waals surface area contributed by atoms with Gasteiger partial charge in [-0.05, 0) is 72.2 Å². The normalized spacial score (nSPS) is 14.3. The third kappa shape index (κ3) is 5.71. The van der Waals surface area contributed by atoms with E-state index in [9.17, 15) is 14.4 Å². The van der Waals surface area contributed by atoms with Crippen molar-refractivity contribution in [1.29, 1.82) is 0 Å². The fraction of sp³-hybridized carbons (Fsp3) is 0.138. The summed E-state index contributed by atoms with van der Waals surface area (Å²) in [6.45, 7) is 4.09. The number of nitrogens with zero attached hydrogens (tertiary/aromatic N) is 1. The Kier molecular flexibility index (Phi) is 8.13. The number of rotatable bonds is 9. The summed E-state index contributed by atoms with van der Waals surface area (Å²) in [6, 6.07) is 16.2. The Bertz CT molecular complexity index is 1410. The maximum absolute atomic E-state index is 13.3. The van der Waals surface area contributed by atoms with E-state index in [-0.39, 0.29) is 12.2 Å². The van der Waals surface area contributed by atoms with Crippen LogP contribution in [0.15, 0.2) is 78.9 Å². The minimum atomic E-state index is -0.835. The van der Waals surface area contributed by atoms with Crippen molar-refractivity contribution in [3.05, 3.63) is 101 Å². The van der Waals surface area contributed by atoms with Gasteiger partial charge in [0.15, 0.2) is 11.5 Å². The van der Waals surface area contributed by atoms with Gasteiger partial charge >= 0.3 is 6.03 Å². The van der Waals surface area contributed by atoms with Gasteiger partial charge in [0.2, 0.25) is 0 Å². The molecule has 4 amide bonds. The molecule has 1 N–H and O–H groups in total. The van der Waals surface area contributed by atoms with Crippen molar-refractivity contribution in [3.8, 4) is 17.2 Å². The van der Waals surface area contributed by atoms with E-state index in [1.165, 1.54) is 20.3 Å². The average molecular weight is 533 g/mol. The Balaban J connectivity index is 1.68. The predicted molar refractivity (Wildman–Crippen MR) is 145 cm³/mol. The molecular weight excluding hydrogens is 508 g/mol. The Morgan fingerprint density at radius 3 is 2.32 bits per heavy atom. The molecule has 0 atom stereocenters. The van der Waals surface area contributed by atoms with Crippen LogP contribution < -0.4 is 24.4 Å². The van der Waals surface area contributed by atoms with Crippen molar-refractivity contribution in [2.45, 2.75) is 13.0 Å². The van der Waals surface area contributed by atoms with Crippen LogP contribution in [0.3, 0.4) is 0 Å². The number of urea groups is 1.